The van der Waals surface area contributed by atoms with Gasteiger partial charge in [-0.3, -0.25) is 13.4 Å². The summed E-state index contributed by atoms with van der Waals surface area (Å²) in [5.74, 6) is -3.74. The SMILES string of the molecule is CCS(=O)(=O)N(Cc1ccc(F)c(C(F)(F)F)c1)c1cc2ccccc2s1.CCS(=O)(=O)N(Cc1ccc(F)c(C(F)(F)F)c1)c1sc2ccccc2c1C(C)=O. The van der Waals surface area contributed by atoms with E-state index in [2.05, 4.69) is 0 Å². The second kappa shape index (κ2) is 16.7. The maximum Gasteiger partial charge on any atom is 0.419 e. The van der Waals surface area contributed by atoms with Gasteiger partial charge in [0.1, 0.15) is 21.6 Å². The Morgan fingerprint density at radius 1 is 0.632 bits per heavy atom. The fourth-order valence-electron chi connectivity index (χ4n) is 5.67. The molecule has 0 atom stereocenters. The molecule has 0 spiro atoms. The Balaban J connectivity index is 0.000000219. The highest BCUT2D eigenvalue weighted by molar-refractivity contribution is 7.93. The van der Waals surface area contributed by atoms with Gasteiger partial charge in [0.05, 0.1) is 41.3 Å². The summed E-state index contributed by atoms with van der Waals surface area (Å²) in [6.45, 7) is 3.38. The van der Waals surface area contributed by atoms with Gasteiger partial charge in [-0.05, 0) is 79.7 Å². The molecular weight excluding hydrogens is 845 g/mol. The maximum atomic E-state index is 13.6. The molecule has 4 aromatic carbocycles. The zero-order valence-electron chi connectivity index (χ0n) is 30.1. The van der Waals surface area contributed by atoms with Crippen molar-refractivity contribution in [1.29, 1.82) is 0 Å². The van der Waals surface area contributed by atoms with E-state index in [0.717, 1.165) is 42.2 Å². The zero-order valence-corrected chi connectivity index (χ0v) is 33.3. The Morgan fingerprint density at radius 2 is 1.11 bits per heavy atom. The van der Waals surface area contributed by atoms with E-state index in [9.17, 15) is 56.8 Å². The van der Waals surface area contributed by atoms with Gasteiger partial charge >= 0.3 is 12.4 Å². The molecular formula is C38H32F8N2O5S4. The second-order valence-electron chi connectivity index (χ2n) is 12.4. The average Bonchev–Trinajstić information content (AvgIpc) is 3.75. The summed E-state index contributed by atoms with van der Waals surface area (Å²) in [4.78, 5) is 12.3. The van der Waals surface area contributed by atoms with Crippen LogP contribution in [0.25, 0.3) is 20.2 Å². The molecule has 0 aliphatic heterocycles. The van der Waals surface area contributed by atoms with E-state index in [-0.39, 0.29) is 45.5 Å². The summed E-state index contributed by atoms with van der Waals surface area (Å²) in [7, 11) is -7.71. The third-order valence-electron chi connectivity index (χ3n) is 8.54. The molecule has 0 unspecified atom stereocenters. The number of fused-ring (bicyclic) bond motifs is 2. The van der Waals surface area contributed by atoms with Crippen molar-refractivity contribution in [1.82, 2.24) is 0 Å². The van der Waals surface area contributed by atoms with Crippen molar-refractivity contribution in [3.8, 4) is 0 Å². The first-order valence-corrected chi connectivity index (χ1v) is 21.7. The number of Topliss-reactive ketones (excluding diaryl/α,β-unsaturated/α-hetero) is 1. The number of anilines is 2. The molecule has 19 heteroatoms. The molecule has 2 aromatic heterocycles. The summed E-state index contributed by atoms with van der Waals surface area (Å²) >= 11 is 2.29. The predicted octanol–water partition coefficient (Wildman–Crippen LogP) is 11.0. The Bertz CT molecular complexity index is 2620. The summed E-state index contributed by atoms with van der Waals surface area (Å²) in [5.41, 5.74) is -2.70. The highest BCUT2D eigenvalue weighted by atomic mass is 32.2. The van der Waals surface area contributed by atoms with Crippen LogP contribution in [0, 0.1) is 11.6 Å². The van der Waals surface area contributed by atoms with Crippen LogP contribution >= 0.6 is 22.7 Å². The number of sulfonamides is 2. The topological polar surface area (TPSA) is 91.8 Å². The normalized spacial score (nSPS) is 12.4. The minimum absolute atomic E-state index is 0.0484. The van der Waals surface area contributed by atoms with Crippen LogP contribution in [-0.2, 0) is 45.5 Å². The molecule has 0 fully saturated rings. The third kappa shape index (κ3) is 9.76. The number of rotatable bonds is 11. The van der Waals surface area contributed by atoms with Crippen molar-refractivity contribution < 1.29 is 56.8 Å². The molecule has 0 radical (unpaired) electrons. The van der Waals surface area contributed by atoms with Gasteiger partial charge < -0.3 is 0 Å². The fourth-order valence-corrected chi connectivity index (χ4v) is 10.7. The minimum Gasteiger partial charge on any atom is -0.294 e. The largest absolute Gasteiger partial charge is 0.419 e. The highest BCUT2D eigenvalue weighted by Gasteiger charge is 2.36. The number of hydrogen-bond donors (Lipinski definition) is 0. The highest BCUT2D eigenvalue weighted by Crippen LogP contribution is 2.41. The number of nitrogens with zero attached hydrogens (tertiary/aromatic N) is 2. The van der Waals surface area contributed by atoms with Crippen LogP contribution in [0.3, 0.4) is 0 Å². The molecule has 0 bridgehead atoms. The lowest BCUT2D eigenvalue weighted by Crippen LogP contribution is -2.32. The van der Waals surface area contributed by atoms with Crippen molar-refractivity contribution in [2.45, 2.75) is 46.2 Å². The fraction of sp³-hybridized carbons (Fsp3) is 0.237. The van der Waals surface area contributed by atoms with Crippen molar-refractivity contribution in [3.63, 3.8) is 0 Å². The van der Waals surface area contributed by atoms with Crippen LogP contribution in [0.5, 0.6) is 0 Å². The Kier molecular flexibility index (Phi) is 12.8. The molecule has 7 nitrogen and oxygen atoms in total. The van der Waals surface area contributed by atoms with Gasteiger partial charge in [0.2, 0.25) is 20.0 Å². The lowest BCUT2D eigenvalue weighted by Gasteiger charge is -2.24. The van der Waals surface area contributed by atoms with Gasteiger partial charge in [0, 0.05) is 14.8 Å². The van der Waals surface area contributed by atoms with Crippen molar-refractivity contribution in [3.05, 3.63) is 130 Å². The third-order valence-corrected chi connectivity index (χ3v) is 14.5. The number of alkyl halides is 6. The van der Waals surface area contributed by atoms with E-state index < -0.39 is 61.7 Å². The van der Waals surface area contributed by atoms with Crippen molar-refractivity contribution in [2.75, 3.05) is 20.1 Å². The maximum absolute atomic E-state index is 13.6. The molecule has 2 heterocycles. The van der Waals surface area contributed by atoms with Crippen LogP contribution in [0.2, 0.25) is 0 Å². The summed E-state index contributed by atoms with van der Waals surface area (Å²) < 4.78 is 160. The monoisotopic (exact) mass is 876 g/mol. The minimum atomic E-state index is -4.92. The number of carbonyl (C=O) groups is 1. The lowest BCUT2D eigenvalue weighted by atomic mass is 10.1. The van der Waals surface area contributed by atoms with E-state index in [1.165, 1.54) is 32.1 Å². The molecule has 6 rings (SSSR count). The van der Waals surface area contributed by atoms with Gasteiger partial charge in [0.25, 0.3) is 0 Å². The number of benzene rings is 4. The first kappa shape index (κ1) is 43.5. The molecule has 0 saturated carbocycles. The second-order valence-corrected chi connectivity index (χ2v) is 18.9. The Morgan fingerprint density at radius 3 is 1.60 bits per heavy atom. The molecule has 6 aromatic rings. The van der Waals surface area contributed by atoms with Crippen LogP contribution < -0.4 is 8.61 Å². The van der Waals surface area contributed by atoms with Gasteiger partial charge in [-0.15, -0.1) is 22.7 Å². The number of thiophene rings is 2. The first-order chi connectivity index (χ1) is 26.6. The Labute approximate surface area is 330 Å². The Hall–Kier alpha value is -4.59. The van der Waals surface area contributed by atoms with Gasteiger partial charge in [0.15, 0.2) is 5.78 Å². The summed E-state index contributed by atoms with van der Waals surface area (Å²) in [6.07, 6.45) is -9.77. The van der Waals surface area contributed by atoms with Crippen molar-refractivity contribution in [2.24, 2.45) is 0 Å². The van der Waals surface area contributed by atoms with Crippen LogP contribution in [0.4, 0.5) is 45.1 Å². The number of carbonyl (C=O) groups excluding carboxylic acids is 1. The molecule has 0 aliphatic carbocycles. The molecule has 304 valence electrons. The van der Waals surface area contributed by atoms with Gasteiger partial charge in [-0.1, -0.05) is 48.5 Å². The molecule has 0 aliphatic rings. The number of hydrogen-bond acceptors (Lipinski definition) is 7. The molecule has 0 amide bonds. The summed E-state index contributed by atoms with van der Waals surface area (Å²) in [5, 5.41) is 1.93. The quantitative estimate of drug-likeness (QED) is 0.0955. The standard InChI is InChI=1S/C20H17F4NO3S2.C18H15F4NO2S2/c1-3-30(27,28)25(11-13-8-9-16(21)15(10-13)20(22,23)24)19-18(12(2)26)14-6-4-5-7-17(14)29-19;1-2-27(24,25)23(17-10-13-5-3-4-6-16(13)26-17)11-12-7-8-15(19)14(9-12)18(20,21)22/h4-10H,3,11H2,1-2H3;3-10H,2,11H2,1H3. The average molecular weight is 877 g/mol. The molecule has 0 saturated heterocycles. The van der Waals surface area contributed by atoms with E-state index in [1.807, 2.05) is 24.3 Å². The smallest absolute Gasteiger partial charge is 0.294 e. The number of halogens is 8. The molecule has 57 heavy (non-hydrogen) atoms. The van der Waals surface area contributed by atoms with Crippen molar-refractivity contribution >= 4 is 78.7 Å². The zero-order chi connectivity index (χ0) is 42.1. The molecule has 0 N–H and O–H groups in total. The van der Waals surface area contributed by atoms with Gasteiger partial charge in [-0.2, -0.15) is 26.3 Å². The van der Waals surface area contributed by atoms with E-state index in [0.29, 0.717) is 39.4 Å². The predicted molar refractivity (Wildman–Crippen MR) is 208 cm³/mol. The van der Waals surface area contributed by atoms with E-state index >= 15 is 0 Å². The summed E-state index contributed by atoms with van der Waals surface area (Å²) in [6, 6.07) is 20.7. The van der Waals surface area contributed by atoms with Gasteiger partial charge in [-0.25, -0.2) is 25.6 Å². The van der Waals surface area contributed by atoms with Crippen LogP contribution in [0.1, 0.15) is 53.4 Å². The van der Waals surface area contributed by atoms with Crippen LogP contribution in [0.15, 0.2) is 91.0 Å². The first-order valence-electron chi connectivity index (χ1n) is 16.8. The van der Waals surface area contributed by atoms with E-state index in [1.54, 1.807) is 30.3 Å². The number of ketones is 1. The lowest BCUT2D eigenvalue weighted by molar-refractivity contribution is -0.140. The van der Waals surface area contributed by atoms with E-state index in [4.69, 9.17) is 0 Å². The van der Waals surface area contributed by atoms with Crippen LogP contribution in [-0.4, -0.2) is 34.1 Å².